The number of aromatic carboxylic acids is 1. The van der Waals surface area contributed by atoms with Crippen molar-refractivity contribution in [3.8, 4) is 5.75 Å². The van der Waals surface area contributed by atoms with E-state index in [9.17, 15) is 4.79 Å². The monoisotopic (exact) mass is 263 g/mol. The second-order valence-corrected chi connectivity index (χ2v) is 5.22. The van der Waals surface area contributed by atoms with Gasteiger partial charge in [0.1, 0.15) is 18.0 Å². The topological polar surface area (TPSA) is 49.8 Å². The highest BCUT2D eigenvalue weighted by molar-refractivity contribution is 5.90. The maximum atomic E-state index is 11.1. The maximum absolute atomic E-state index is 11.1. The molecule has 2 rings (SSSR count). The van der Waals surface area contributed by atoms with Gasteiger partial charge in [-0.05, 0) is 38.8 Å². The van der Waals surface area contributed by atoms with Crippen LogP contribution in [0.3, 0.4) is 0 Å². The number of benzene rings is 1. The number of rotatable bonds is 4. The summed E-state index contributed by atoms with van der Waals surface area (Å²) in [6.07, 6.45) is 3.60. The number of para-hydroxylation sites is 1. The van der Waals surface area contributed by atoms with Crippen LogP contribution in [0.5, 0.6) is 5.75 Å². The lowest BCUT2D eigenvalue weighted by Crippen LogP contribution is -2.45. The fourth-order valence-electron chi connectivity index (χ4n) is 2.64. The van der Waals surface area contributed by atoms with Gasteiger partial charge in [0.05, 0.1) is 0 Å². The Morgan fingerprint density at radius 3 is 2.58 bits per heavy atom. The predicted molar refractivity (Wildman–Crippen MR) is 73.5 cm³/mol. The van der Waals surface area contributed by atoms with Gasteiger partial charge in [-0.15, -0.1) is 0 Å². The average Bonchev–Trinajstić information content (AvgIpc) is 2.38. The summed E-state index contributed by atoms with van der Waals surface area (Å²) in [7, 11) is 0. The number of ether oxygens (including phenoxy) is 1. The van der Waals surface area contributed by atoms with Crippen molar-refractivity contribution >= 4 is 5.97 Å². The van der Waals surface area contributed by atoms with Crippen molar-refractivity contribution in [1.29, 1.82) is 0 Å². The van der Waals surface area contributed by atoms with Crippen molar-refractivity contribution in [2.24, 2.45) is 0 Å². The molecule has 1 fully saturated rings. The second kappa shape index (κ2) is 6.06. The summed E-state index contributed by atoms with van der Waals surface area (Å²) in [6, 6.07) is 7.76. The Bertz CT molecular complexity index is 437. The van der Waals surface area contributed by atoms with E-state index < -0.39 is 5.97 Å². The van der Waals surface area contributed by atoms with Gasteiger partial charge < -0.3 is 9.84 Å². The zero-order valence-corrected chi connectivity index (χ0v) is 11.5. The Morgan fingerprint density at radius 2 is 1.95 bits per heavy atom. The number of carboxylic acid groups (broad SMARTS) is 1. The lowest BCUT2D eigenvalue weighted by molar-refractivity contribution is 0.0264. The van der Waals surface area contributed by atoms with Crippen LogP contribution in [0.1, 0.15) is 43.5 Å². The number of carbonyl (C=O) groups is 1. The number of carboxylic acids is 1. The third-order valence-electron chi connectivity index (χ3n) is 3.86. The molecule has 19 heavy (non-hydrogen) atoms. The summed E-state index contributed by atoms with van der Waals surface area (Å²) in [5.74, 6) is -0.504. The van der Waals surface area contributed by atoms with Crippen molar-refractivity contribution < 1.29 is 14.6 Å². The van der Waals surface area contributed by atoms with Crippen LogP contribution in [-0.4, -0.2) is 34.8 Å². The van der Waals surface area contributed by atoms with E-state index in [-0.39, 0.29) is 5.56 Å². The Morgan fingerprint density at radius 1 is 1.32 bits per heavy atom. The molecule has 1 N–H and O–H groups in total. The first-order valence-corrected chi connectivity index (χ1v) is 6.80. The first kappa shape index (κ1) is 13.9. The van der Waals surface area contributed by atoms with Crippen molar-refractivity contribution in [2.45, 2.75) is 45.2 Å². The smallest absolute Gasteiger partial charge is 0.339 e. The third-order valence-corrected chi connectivity index (χ3v) is 3.86. The maximum Gasteiger partial charge on any atom is 0.339 e. The summed E-state index contributed by atoms with van der Waals surface area (Å²) in [5, 5.41) is 9.11. The van der Waals surface area contributed by atoms with Crippen molar-refractivity contribution in [2.75, 3.05) is 6.73 Å². The summed E-state index contributed by atoms with van der Waals surface area (Å²) in [5.41, 5.74) is 0.222. The molecule has 0 radical (unpaired) electrons. The van der Waals surface area contributed by atoms with Gasteiger partial charge in [0.25, 0.3) is 0 Å². The van der Waals surface area contributed by atoms with E-state index in [1.54, 1.807) is 24.3 Å². The highest BCUT2D eigenvalue weighted by atomic mass is 16.5. The van der Waals surface area contributed by atoms with Crippen LogP contribution in [0, 0.1) is 0 Å². The fraction of sp³-hybridized carbons (Fsp3) is 0.533. The Hall–Kier alpha value is -1.55. The van der Waals surface area contributed by atoms with Gasteiger partial charge in [0.15, 0.2) is 0 Å². The molecular formula is C15H21NO3. The van der Waals surface area contributed by atoms with E-state index in [1.165, 1.54) is 19.3 Å². The Kier molecular flexibility index (Phi) is 4.43. The van der Waals surface area contributed by atoms with E-state index in [1.807, 2.05) is 0 Å². The molecular weight excluding hydrogens is 242 g/mol. The number of likely N-dealkylation sites (tertiary alicyclic amines) is 1. The van der Waals surface area contributed by atoms with E-state index in [0.29, 0.717) is 24.6 Å². The van der Waals surface area contributed by atoms with Crippen LogP contribution in [0.4, 0.5) is 0 Å². The van der Waals surface area contributed by atoms with Gasteiger partial charge in [0, 0.05) is 12.1 Å². The van der Waals surface area contributed by atoms with Gasteiger partial charge in [-0.1, -0.05) is 18.6 Å². The molecule has 1 aliphatic rings. The summed E-state index contributed by atoms with van der Waals surface area (Å²) < 4.78 is 5.72. The molecule has 0 bridgehead atoms. The Labute approximate surface area is 114 Å². The van der Waals surface area contributed by atoms with Crippen molar-refractivity contribution in [1.82, 2.24) is 4.90 Å². The van der Waals surface area contributed by atoms with E-state index in [2.05, 4.69) is 18.7 Å². The third kappa shape index (κ3) is 3.26. The molecule has 4 heteroatoms. The van der Waals surface area contributed by atoms with Crippen LogP contribution in [0.25, 0.3) is 0 Å². The molecule has 0 spiro atoms. The molecule has 1 saturated heterocycles. The number of piperidine rings is 1. The molecule has 2 atom stereocenters. The summed E-state index contributed by atoms with van der Waals surface area (Å²) in [6.45, 7) is 4.84. The minimum atomic E-state index is -0.949. The zero-order valence-electron chi connectivity index (χ0n) is 11.5. The van der Waals surface area contributed by atoms with Gasteiger partial charge in [-0.25, -0.2) is 4.79 Å². The van der Waals surface area contributed by atoms with Crippen molar-refractivity contribution in [3.63, 3.8) is 0 Å². The number of nitrogens with zero attached hydrogens (tertiary/aromatic N) is 1. The van der Waals surface area contributed by atoms with Crippen LogP contribution in [0.2, 0.25) is 0 Å². The summed E-state index contributed by atoms with van der Waals surface area (Å²) in [4.78, 5) is 13.4. The molecule has 1 heterocycles. The molecule has 0 aromatic heterocycles. The molecule has 1 aromatic carbocycles. The zero-order chi connectivity index (χ0) is 13.8. The van der Waals surface area contributed by atoms with E-state index >= 15 is 0 Å². The van der Waals surface area contributed by atoms with E-state index in [0.717, 1.165) is 0 Å². The quantitative estimate of drug-likeness (QED) is 0.907. The van der Waals surface area contributed by atoms with Crippen LogP contribution in [0.15, 0.2) is 24.3 Å². The van der Waals surface area contributed by atoms with E-state index in [4.69, 9.17) is 9.84 Å². The molecule has 2 unspecified atom stereocenters. The lowest BCUT2D eigenvalue weighted by atomic mass is 9.98. The largest absolute Gasteiger partial charge is 0.478 e. The second-order valence-electron chi connectivity index (χ2n) is 5.22. The standard InChI is InChI=1S/C15H21NO3/c1-11-6-5-7-12(2)16(11)10-19-14-9-4-3-8-13(14)15(17)18/h3-4,8-9,11-12H,5-7,10H2,1-2H3,(H,17,18). The molecule has 4 nitrogen and oxygen atoms in total. The van der Waals surface area contributed by atoms with Gasteiger partial charge in [-0.2, -0.15) is 0 Å². The van der Waals surface area contributed by atoms with Crippen LogP contribution >= 0.6 is 0 Å². The molecule has 0 saturated carbocycles. The SMILES string of the molecule is CC1CCCC(C)N1COc1ccccc1C(=O)O. The highest BCUT2D eigenvalue weighted by Gasteiger charge is 2.25. The molecule has 0 amide bonds. The first-order valence-electron chi connectivity index (χ1n) is 6.80. The normalized spacial score (nSPS) is 24.1. The molecule has 1 aliphatic heterocycles. The van der Waals surface area contributed by atoms with Gasteiger partial charge in [-0.3, -0.25) is 4.90 Å². The molecule has 0 aliphatic carbocycles. The number of hydrogen-bond donors (Lipinski definition) is 1. The van der Waals surface area contributed by atoms with Gasteiger partial charge in [0.2, 0.25) is 0 Å². The number of hydrogen-bond acceptors (Lipinski definition) is 3. The van der Waals surface area contributed by atoms with Crippen molar-refractivity contribution in [3.05, 3.63) is 29.8 Å². The average molecular weight is 263 g/mol. The Balaban J connectivity index is 2.04. The van der Waals surface area contributed by atoms with Gasteiger partial charge >= 0.3 is 5.97 Å². The summed E-state index contributed by atoms with van der Waals surface area (Å²) >= 11 is 0. The molecule has 104 valence electrons. The lowest BCUT2D eigenvalue weighted by Gasteiger charge is -2.38. The van der Waals surface area contributed by atoms with Crippen LogP contribution in [-0.2, 0) is 0 Å². The molecule has 1 aromatic rings. The highest BCUT2D eigenvalue weighted by Crippen LogP contribution is 2.24. The van der Waals surface area contributed by atoms with Crippen LogP contribution < -0.4 is 4.74 Å². The minimum Gasteiger partial charge on any atom is -0.478 e. The minimum absolute atomic E-state index is 0.222. The predicted octanol–water partition coefficient (Wildman–Crippen LogP) is 2.98. The fourth-order valence-corrected chi connectivity index (χ4v) is 2.64. The first-order chi connectivity index (χ1) is 9.09.